The molecule has 0 aliphatic carbocycles. The first-order valence-corrected chi connectivity index (χ1v) is 7.69. The topological polar surface area (TPSA) is 48.1 Å². The zero-order valence-electron chi connectivity index (χ0n) is 12.4. The second-order valence-corrected chi connectivity index (χ2v) is 5.48. The Morgan fingerprint density at radius 3 is 2.86 bits per heavy atom. The number of rotatable bonds is 5. The summed E-state index contributed by atoms with van der Waals surface area (Å²) in [6.45, 7) is 8.44. The molecule has 22 heavy (non-hydrogen) atoms. The summed E-state index contributed by atoms with van der Waals surface area (Å²) in [5, 5.41) is 4.70. The SMILES string of the molecule is C=CCn1c(-c2cccnc2)nn(CN2CCOCC2)c1=S. The smallest absolute Gasteiger partial charge is 0.199 e. The Balaban J connectivity index is 1.94. The van der Waals surface area contributed by atoms with Crippen LogP contribution in [0.4, 0.5) is 0 Å². The van der Waals surface area contributed by atoms with Crippen molar-refractivity contribution in [2.45, 2.75) is 13.2 Å². The standard InChI is InChI=1S/C15H19N5OS/c1-2-6-19-14(13-4-3-5-16-11-13)17-20(15(19)22)12-18-7-9-21-10-8-18/h2-5,11H,1,6-10,12H2. The first-order chi connectivity index (χ1) is 10.8. The third kappa shape index (κ3) is 3.16. The van der Waals surface area contributed by atoms with Gasteiger partial charge in [-0.15, -0.1) is 6.58 Å². The van der Waals surface area contributed by atoms with Gasteiger partial charge in [-0.2, -0.15) is 5.10 Å². The number of aromatic nitrogens is 4. The van der Waals surface area contributed by atoms with E-state index in [2.05, 4.69) is 16.5 Å². The fourth-order valence-corrected chi connectivity index (χ4v) is 2.73. The molecule has 1 aliphatic rings. The van der Waals surface area contributed by atoms with E-state index in [1.165, 1.54) is 0 Å². The molecule has 1 aliphatic heterocycles. The minimum atomic E-state index is 0.631. The normalized spacial score (nSPS) is 15.8. The van der Waals surface area contributed by atoms with Gasteiger partial charge in [0.25, 0.3) is 0 Å². The highest BCUT2D eigenvalue weighted by atomic mass is 32.1. The van der Waals surface area contributed by atoms with Crippen molar-refractivity contribution in [1.29, 1.82) is 0 Å². The van der Waals surface area contributed by atoms with Gasteiger partial charge in [-0.3, -0.25) is 14.5 Å². The number of morpholine rings is 1. The molecule has 0 saturated carbocycles. The number of pyridine rings is 1. The molecule has 0 amide bonds. The van der Waals surface area contributed by atoms with E-state index >= 15 is 0 Å². The van der Waals surface area contributed by atoms with Crippen LogP contribution in [-0.4, -0.2) is 50.5 Å². The van der Waals surface area contributed by atoms with Crippen LogP contribution in [-0.2, 0) is 18.0 Å². The highest BCUT2D eigenvalue weighted by molar-refractivity contribution is 7.71. The molecular weight excluding hydrogens is 298 g/mol. The maximum atomic E-state index is 5.58. The molecule has 6 nitrogen and oxygen atoms in total. The van der Waals surface area contributed by atoms with Gasteiger partial charge in [-0.25, -0.2) is 4.68 Å². The zero-order valence-corrected chi connectivity index (χ0v) is 13.2. The van der Waals surface area contributed by atoms with Crippen LogP contribution in [0, 0.1) is 4.77 Å². The Kier molecular flexibility index (Phi) is 4.77. The molecule has 0 radical (unpaired) electrons. The minimum Gasteiger partial charge on any atom is -0.379 e. The maximum Gasteiger partial charge on any atom is 0.199 e. The van der Waals surface area contributed by atoms with Crippen LogP contribution < -0.4 is 0 Å². The second kappa shape index (κ2) is 6.95. The number of allylic oxidation sites excluding steroid dienone is 1. The molecule has 1 fully saturated rings. The molecule has 3 rings (SSSR count). The van der Waals surface area contributed by atoms with Gasteiger partial charge < -0.3 is 4.74 Å². The molecule has 2 aromatic rings. The van der Waals surface area contributed by atoms with E-state index in [0.29, 0.717) is 18.0 Å². The van der Waals surface area contributed by atoms with Crippen LogP contribution in [0.15, 0.2) is 37.2 Å². The van der Waals surface area contributed by atoms with Crippen molar-refractivity contribution < 1.29 is 4.74 Å². The Labute approximate surface area is 134 Å². The number of ether oxygens (including phenoxy) is 1. The summed E-state index contributed by atoms with van der Waals surface area (Å²) in [5.41, 5.74) is 0.955. The van der Waals surface area contributed by atoms with Crippen molar-refractivity contribution in [2.24, 2.45) is 0 Å². The van der Waals surface area contributed by atoms with Gasteiger partial charge in [-0.1, -0.05) is 6.08 Å². The summed E-state index contributed by atoms with van der Waals surface area (Å²) in [7, 11) is 0. The lowest BCUT2D eigenvalue weighted by Gasteiger charge is -2.26. The van der Waals surface area contributed by atoms with E-state index in [1.54, 1.807) is 12.4 Å². The lowest BCUT2D eigenvalue weighted by molar-refractivity contribution is 0.0209. The average Bonchev–Trinajstić information content (AvgIpc) is 2.87. The Bertz CT molecular complexity index is 688. The highest BCUT2D eigenvalue weighted by Gasteiger charge is 2.16. The van der Waals surface area contributed by atoms with Gasteiger partial charge in [0.2, 0.25) is 0 Å². The summed E-state index contributed by atoms with van der Waals surface area (Å²) < 4.78 is 9.93. The molecule has 2 aromatic heterocycles. The van der Waals surface area contributed by atoms with E-state index < -0.39 is 0 Å². The molecule has 0 N–H and O–H groups in total. The maximum absolute atomic E-state index is 5.58. The summed E-state index contributed by atoms with van der Waals surface area (Å²) >= 11 is 5.58. The highest BCUT2D eigenvalue weighted by Crippen LogP contribution is 2.17. The van der Waals surface area contributed by atoms with Crippen LogP contribution in [0.2, 0.25) is 0 Å². The molecule has 0 unspecified atom stereocenters. The molecule has 0 atom stereocenters. The summed E-state index contributed by atoms with van der Waals surface area (Å²) in [6, 6.07) is 3.89. The van der Waals surface area contributed by atoms with Crippen LogP contribution in [0.1, 0.15) is 0 Å². The van der Waals surface area contributed by atoms with Crippen molar-refractivity contribution in [3.8, 4) is 11.4 Å². The summed E-state index contributed by atoms with van der Waals surface area (Å²) in [6.07, 6.45) is 5.38. The quantitative estimate of drug-likeness (QED) is 0.623. The monoisotopic (exact) mass is 317 g/mol. The molecule has 0 aromatic carbocycles. The van der Waals surface area contributed by atoms with E-state index in [1.807, 2.05) is 27.5 Å². The van der Waals surface area contributed by atoms with Gasteiger partial charge in [0.05, 0.1) is 19.9 Å². The van der Waals surface area contributed by atoms with Crippen molar-refractivity contribution in [1.82, 2.24) is 24.2 Å². The summed E-state index contributed by atoms with van der Waals surface area (Å²) in [5.74, 6) is 0.825. The van der Waals surface area contributed by atoms with Crippen LogP contribution in [0.5, 0.6) is 0 Å². The van der Waals surface area contributed by atoms with Crippen LogP contribution in [0.25, 0.3) is 11.4 Å². The molecule has 0 bridgehead atoms. The van der Waals surface area contributed by atoms with Gasteiger partial charge in [0, 0.05) is 37.6 Å². The molecule has 0 spiro atoms. The summed E-state index contributed by atoms with van der Waals surface area (Å²) in [4.78, 5) is 6.46. The van der Waals surface area contributed by atoms with Crippen molar-refractivity contribution in [3.63, 3.8) is 0 Å². The Morgan fingerprint density at radius 1 is 1.36 bits per heavy atom. The zero-order chi connectivity index (χ0) is 15.4. The lowest BCUT2D eigenvalue weighted by atomic mass is 10.3. The van der Waals surface area contributed by atoms with E-state index in [4.69, 9.17) is 22.1 Å². The van der Waals surface area contributed by atoms with Crippen molar-refractivity contribution >= 4 is 12.2 Å². The van der Waals surface area contributed by atoms with E-state index in [-0.39, 0.29) is 0 Å². The van der Waals surface area contributed by atoms with E-state index in [9.17, 15) is 0 Å². The predicted octanol–water partition coefficient (Wildman–Crippen LogP) is 1.95. The Hall–Kier alpha value is -1.83. The molecule has 7 heteroatoms. The fourth-order valence-electron chi connectivity index (χ4n) is 2.47. The minimum absolute atomic E-state index is 0.631. The second-order valence-electron chi connectivity index (χ2n) is 5.12. The molecular formula is C15H19N5OS. The van der Waals surface area contributed by atoms with Crippen molar-refractivity contribution in [3.05, 3.63) is 42.0 Å². The Morgan fingerprint density at radius 2 is 2.18 bits per heavy atom. The van der Waals surface area contributed by atoms with E-state index in [0.717, 1.165) is 37.7 Å². The third-order valence-corrected chi connectivity index (χ3v) is 4.02. The predicted molar refractivity (Wildman–Crippen MR) is 86.9 cm³/mol. The number of nitrogens with zero attached hydrogens (tertiary/aromatic N) is 5. The first-order valence-electron chi connectivity index (χ1n) is 7.28. The van der Waals surface area contributed by atoms with Gasteiger partial charge in [0.1, 0.15) is 0 Å². The van der Waals surface area contributed by atoms with Crippen LogP contribution in [0.3, 0.4) is 0 Å². The molecule has 116 valence electrons. The number of hydrogen-bond donors (Lipinski definition) is 0. The van der Waals surface area contributed by atoms with Gasteiger partial charge >= 0.3 is 0 Å². The number of hydrogen-bond acceptors (Lipinski definition) is 5. The molecule has 3 heterocycles. The fraction of sp³-hybridized carbons (Fsp3) is 0.400. The largest absolute Gasteiger partial charge is 0.379 e. The average molecular weight is 317 g/mol. The first kappa shape index (κ1) is 15.1. The lowest BCUT2D eigenvalue weighted by Crippen LogP contribution is -2.37. The van der Waals surface area contributed by atoms with Crippen LogP contribution >= 0.6 is 12.2 Å². The van der Waals surface area contributed by atoms with Gasteiger partial charge in [0.15, 0.2) is 10.6 Å². The van der Waals surface area contributed by atoms with Crippen molar-refractivity contribution in [2.75, 3.05) is 26.3 Å². The van der Waals surface area contributed by atoms with Gasteiger partial charge in [-0.05, 0) is 24.4 Å². The molecule has 1 saturated heterocycles. The third-order valence-electron chi connectivity index (χ3n) is 3.59.